The van der Waals surface area contributed by atoms with Crippen molar-refractivity contribution in [2.75, 3.05) is 0 Å². The molecule has 8 atom stereocenters. The lowest BCUT2D eigenvalue weighted by molar-refractivity contribution is -0.389. The van der Waals surface area contributed by atoms with Crippen molar-refractivity contribution >= 4 is 11.9 Å². The molecule has 8 unspecified atom stereocenters. The van der Waals surface area contributed by atoms with Crippen molar-refractivity contribution in [3.8, 4) is 11.8 Å². The van der Waals surface area contributed by atoms with Crippen LogP contribution in [0.2, 0.25) is 0 Å². The Balaban J connectivity index is 1.56. The minimum Gasteiger partial charge on any atom is -0.463 e. The topological polar surface area (TPSA) is 71.1 Å². The second-order valence-corrected chi connectivity index (χ2v) is 15.0. The van der Waals surface area contributed by atoms with Crippen LogP contribution in [0.5, 0.6) is 0 Å². The van der Waals surface area contributed by atoms with Crippen LogP contribution in [0.15, 0.2) is 0 Å². The summed E-state index contributed by atoms with van der Waals surface area (Å²) in [5, 5.41) is 0. The molecule has 0 aliphatic heterocycles. The van der Waals surface area contributed by atoms with Crippen LogP contribution in [0.3, 0.4) is 0 Å². The Morgan fingerprint density at radius 3 is 2.23 bits per heavy atom. The van der Waals surface area contributed by atoms with Crippen molar-refractivity contribution in [1.82, 2.24) is 0 Å². The Labute approximate surface area is 242 Å². The molecule has 0 aromatic rings. The van der Waals surface area contributed by atoms with Gasteiger partial charge in [0, 0.05) is 19.3 Å². The number of hydrogen-bond acceptors (Lipinski definition) is 6. The molecular formula is C34H54O6. The summed E-state index contributed by atoms with van der Waals surface area (Å²) in [5.74, 6) is 8.76. The summed E-state index contributed by atoms with van der Waals surface area (Å²) >= 11 is 0. The summed E-state index contributed by atoms with van der Waals surface area (Å²) in [6, 6.07) is 0. The predicted molar refractivity (Wildman–Crippen MR) is 155 cm³/mol. The van der Waals surface area contributed by atoms with Gasteiger partial charge in [-0.25, -0.2) is 9.78 Å². The maximum Gasteiger partial charge on any atom is 0.304 e. The highest BCUT2D eigenvalue weighted by Gasteiger charge is 2.66. The van der Waals surface area contributed by atoms with Gasteiger partial charge < -0.3 is 9.47 Å². The van der Waals surface area contributed by atoms with Crippen molar-refractivity contribution in [1.29, 1.82) is 0 Å². The number of esters is 2. The van der Waals surface area contributed by atoms with E-state index in [-0.39, 0.29) is 28.9 Å². The summed E-state index contributed by atoms with van der Waals surface area (Å²) in [7, 11) is 0. The lowest BCUT2D eigenvalue weighted by Crippen LogP contribution is -2.57. The highest BCUT2D eigenvalue weighted by atomic mass is 17.2. The summed E-state index contributed by atoms with van der Waals surface area (Å²) in [4.78, 5) is 35.8. The second kappa shape index (κ2) is 11.3. The summed E-state index contributed by atoms with van der Waals surface area (Å²) in [6.45, 7) is 17.9. The van der Waals surface area contributed by atoms with Crippen molar-refractivity contribution in [2.45, 2.75) is 156 Å². The fraction of sp³-hybridized carbons (Fsp3) is 0.882. The van der Waals surface area contributed by atoms with Gasteiger partial charge in [-0.15, -0.1) is 0 Å². The van der Waals surface area contributed by atoms with Crippen molar-refractivity contribution in [3.63, 3.8) is 0 Å². The van der Waals surface area contributed by atoms with E-state index in [1.807, 2.05) is 27.7 Å². The first-order valence-corrected chi connectivity index (χ1v) is 15.8. The maximum absolute atomic E-state index is 12.5. The Bertz CT molecular complexity index is 1020. The fourth-order valence-corrected chi connectivity index (χ4v) is 9.34. The van der Waals surface area contributed by atoms with E-state index < -0.39 is 16.8 Å². The Morgan fingerprint density at radius 2 is 1.57 bits per heavy atom. The highest BCUT2D eigenvalue weighted by Crippen LogP contribution is 2.69. The van der Waals surface area contributed by atoms with Crippen LogP contribution >= 0.6 is 0 Å². The first-order chi connectivity index (χ1) is 18.6. The molecule has 4 aliphatic rings. The lowest BCUT2D eigenvalue weighted by atomic mass is 9.44. The molecule has 4 aliphatic carbocycles. The number of carbonyl (C=O) groups is 2. The summed E-state index contributed by atoms with van der Waals surface area (Å²) in [5.41, 5.74) is -1.98. The molecule has 0 N–H and O–H groups in total. The average Bonchev–Trinajstić information content (AvgIpc) is 3.13. The average molecular weight is 559 g/mol. The zero-order valence-corrected chi connectivity index (χ0v) is 26.6. The van der Waals surface area contributed by atoms with E-state index in [0.717, 1.165) is 57.8 Å². The molecule has 0 radical (unpaired) electrons. The molecule has 6 heteroatoms. The van der Waals surface area contributed by atoms with Crippen LogP contribution < -0.4 is 0 Å². The van der Waals surface area contributed by atoms with Crippen LogP contribution in [0.25, 0.3) is 0 Å². The van der Waals surface area contributed by atoms with Crippen molar-refractivity contribution < 1.29 is 28.8 Å². The smallest absolute Gasteiger partial charge is 0.304 e. The molecule has 40 heavy (non-hydrogen) atoms. The summed E-state index contributed by atoms with van der Waals surface area (Å²) in [6.07, 6.45) is 11.3. The fourth-order valence-electron chi connectivity index (χ4n) is 9.34. The predicted octanol–water partition coefficient (Wildman–Crippen LogP) is 7.57. The largest absolute Gasteiger partial charge is 0.463 e. The Kier molecular flexibility index (Phi) is 8.82. The van der Waals surface area contributed by atoms with Gasteiger partial charge in [0.25, 0.3) is 0 Å². The van der Waals surface area contributed by atoms with E-state index in [0.29, 0.717) is 23.7 Å². The molecule has 4 rings (SSSR count). The third-order valence-corrected chi connectivity index (χ3v) is 11.3. The van der Waals surface area contributed by atoms with E-state index in [1.165, 1.54) is 26.7 Å². The monoisotopic (exact) mass is 558 g/mol. The molecule has 0 bridgehead atoms. The van der Waals surface area contributed by atoms with Crippen LogP contribution in [0.1, 0.15) is 133 Å². The van der Waals surface area contributed by atoms with Crippen LogP contribution in [-0.2, 0) is 28.8 Å². The third-order valence-electron chi connectivity index (χ3n) is 11.3. The van der Waals surface area contributed by atoms with Crippen LogP contribution in [-0.4, -0.2) is 34.8 Å². The molecule has 0 heterocycles. The quantitative estimate of drug-likeness (QED) is 0.139. The maximum atomic E-state index is 12.5. The minimum atomic E-state index is -0.837. The summed E-state index contributed by atoms with van der Waals surface area (Å²) < 4.78 is 11.9. The molecule has 4 saturated carbocycles. The van der Waals surface area contributed by atoms with Gasteiger partial charge in [-0.3, -0.25) is 9.59 Å². The van der Waals surface area contributed by atoms with Gasteiger partial charge in [0.1, 0.15) is 6.10 Å². The number of rotatable bonds is 7. The van der Waals surface area contributed by atoms with Crippen LogP contribution in [0.4, 0.5) is 0 Å². The number of hydrogen-bond donors (Lipinski definition) is 0. The minimum absolute atomic E-state index is 0.0708. The molecule has 226 valence electrons. The first-order valence-electron chi connectivity index (χ1n) is 15.8. The van der Waals surface area contributed by atoms with E-state index in [1.54, 1.807) is 0 Å². The first kappa shape index (κ1) is 31.4. The standard InChI is InChI=1S/C34H54O6/c1-10-16-30(4,5)39-40-31(6,7)20-21-34(38-24(3)36)19-15-29-27-12-11-25-22-26(37-23(2)35)13-17-32(25,8)28(27)14-18-33(29,34)9/h25-29H,10-19,22H2,1-9H3. The normalized spacial score (nSPS) is 39.2. The molecule has 0 aromatic heterocycles. The number of fused-ring (bicyclic) bond motifs is 5. The Morgan fingerprint density at radius 1 is 0.875 bits per heavy atom. The van der Waals surface area contributed by atoms with Crippen molar-refractivity contribution in [2.24, 2.45) is 34.5 Å². The molecular weight excluding hydrogens is 504 g/mol. The molecule has 4 fully saturated rings. The third kappa shape index (κ3) is 5.98. The van der Waals surface area contributed by atoms with Gasteiger partial charge in [-0.05, 0) is 121 Å². The highest BCUT2D eigenvalue weighted by molar-refractivity contribution is 5.67. The molecule has 0 aromatic carbocycles. The van der Waals surface area contributed by atoms with Gasteiger partial charge in [0.15, 0.2) is 11.2 Å². The molecule has 0 spiro atoms. The van der Waals surface area contributed by atoms with Crippen LogP contribution in [0, 0.1) is 46.3 Å². The van der Waals surface area contributed by atoms with Gasteiger partial charge >= 0.3 is 11.9 Å². The number of carbonyl (C=O) groups excluding carboxylic acids is 2. The zero-order valence-electron chi connectivity index (χ0n) is 26.6. The Hall–Kier alpha value is -1.58. The van der Waals surface area contributed by atoms with Gasteiger partial charge in [-0.1, -0.05) is 39.0 Å². The van der Waals surface area contributed by atoms with Gasteiger partial charge in [0.05, 0.1) is 5.60 Å². The SMILES string of the molecule is CCCC(C)(C)OOC(C)(C)C#CC1(OC(C)=O)CCC2C3CCC4CC(OC(C)=O)CCC4(C)C3CCC21C. The number of ether oxygens (including phenoxy) is 2. The van der Waals surface area contributed by atoms with E-state index in [2.05, 4.69) is 32.6 Å². The van der Waals surface area contributed by atoms with E-state index in [4.69, 9.17) is 19.2 Å². The zero-order chi connectivity index (χ0) is 29.6. The molecule has 0 saturated heterocycles. The van der Waals surface area contributed by atoms with Gasteiger partial charge in [-0.2, -0.15) is 0 Å². The molecule has 6 nitrogen and oxygen atoms in total. The second-order valence-electron chi connectivity index (χ2n) is 15.0. The lowest BCUT2D eigenvalue weighted by Gasteiger charge is -2.61. The van der Waals surface area contributed by atoms with E-state index >= 15 is 0 Å². The van der Waals surface area contributed by atoms with E-state index in [9.17, 15) is 9.59 Å². The van der Waals surface area contributed by atoms with Gasteiger partial charge in [0.2, 0.25) is 0 Å². The van der Waals surface area contributed by atoms with Crippen molar-refractivity contribution in [3.05, 3.63) is 0 Å². The molecule has 0 amide bonds.